The van der Waals surface area contributed by atoms with Crippen molar-refractivity contribution in [3.05, 3.63) is 52.5 Å². The van der Waals surface area contributed by atoms with Crippen LogP contribution in [0.15, 0.2) is 36.4 Å². The zero-order valence-corrected chi connectivity index (χ0v) is 15.6. The van der Waals surface area contributed by atoms with E-state index in [2.05, 4.69) is 5.32 Å². The number of benzene rings is 2. The van der Waals surface area contributed by atoms with Crippen LogP contribution in [0.3, 0.4) is 0 Å². The lowest BCUT2D eigenvalue weighted by atomic mass is 10.1. The Balaban J connectivity index is 1.58. The molecule has 1 aliphatic heterocycles. The summed E-state index contributed by atoms with van der Waals surface area (Å²) in [5, 5.41) is 3.48. The first-order chi connectivity index (χ1) is 12.5. The molecule has 3 rings (SSSR count). The molecule has 0 fully saturated rings. The van der Waals surface area contributed by atoms with Crippen LogP contribution in [0.1, 0.15) is 25.0 Å². The number of nitrogens with one attached hydrogen (secondary N) is 1. The second kappa shape index (κ2) is 8.32. The Labute approximate surface area is 158 Å². The van der Waals surface area contributed by atoms with Crippen LogP contribution in [-0.2, 0) is 17.8 Å². The molecule has 1 atom stereocenters. The molecular weight excluding hydrogens is 354 g/mol. The third-order valence-electron chi connectivity index (χ3n) is 4.04. The van der Waals surface area contributed by atoms with Crippen LogP contribution in [0, 0.1) is 0 Å². The minimum absolute atomic E-state index is 0.0654. The highest BCUT2D eigenvalue weighted by molar-refractivity contribution is 6.30. The molecule has 2 aromatic carbocycles. The fourth-order valence-electron chi connectivity index (χ4n) is 2.83. The van der Waals surface area contributed by atoms with Gasteiger partial charge < -0.3 is 19.5 Å². The molecule has 2 aromatic rings. The van der Waals surface area contributed by atoms with Gasteiger partial charge in [-0.05, 0) is 50.2 Å². The van der Waals surface area contributed by atoms with Crippen LogP contribution in [0.5, 0.6) is 17.2 Å². The van der Waals surface area contributed by atoms with Gasteiger partial charge in [0.1, 0.15) is 23.4 Å². The smallest absolute Gasteiger partial charge is 0.258 e. The van der Waals surface area contributed by atoms with E-state index in [0.717, 1.165) is 29.0 Å². The van der Waals surface area contributed by atoms with E-state index in [9.17, 15) is 4.79 Å². The molecule has 5 nitrogen and oxygen atoms in total. The average Bonchev–Trinajstić information content (AvgIpc) is 2.98. The van der Waals surface area contributed by atoms with E-state index in [4.69, 9.17) is 25.8 Å². The van der Waals surface area contributed by atoms with Crippen molar-refractivity contribution in [2.24, 2.45) is 0 Å². The molecule has 0 saturated heterocycles. The molecule has 1 amide bonds. The number of ether oxygens (including phenoxy) is 3. The monoisotopic (exact) mass is 375 g/mol. The summed E-state index contributed by atoms with van der Waals surface area (Å²) < 4.78 is 17.0. The van der Waals surface area contributed by atoms with E-state index < -0.39 is 0 Å². The molecule has 1 N–H and O–H groups in total. The number of carbonyl (C=O) groups excluding carboxylic acids is 1. The lowest BCUT2D eigenvalue weighted by Crippen LogP contribution is -2.28. The third-order valence-corrected chi connectivity index (χ3v) is 4.29. The molecule has 1 heterocycles. The van der Waals surface area contributed by atoms with E-state index in [1.54, 1.807) is 24.3 Å². The van der Waals surface area contributed by atoms with Crippen LogP contribution >= 0.6 is 11.6 Å². The second-order valence-corrected chi connectivity index (χ2v) is 6.59. The molecule has 0 aromatic heterocycles. The predicted octanol–water partition coefficient (Wildman–Crippen LogP) is 3.76. The van der Waals surface area contributed by atoms with E-state index in [-0.39, 0.29) is 18.6 Å². The molecule has 1 aliphatic rings. The maximum atomic E-state index is 12.1. The highest BCUT2D eigenvalue weighted by Gasteiger charge is 2.22. The molecule has 0 unspecified atom stereocenters. The Morgan fingerprint density at radius 2 is 2.04 bits per heavy atom. The van der Waals surface area contributed by atoms with Crippen molar-refractivity contribution in [1.29, 1.82) is 0 Å². The van der Waals surface area contributed by atoms with Gasteiger partial charge in [0.25, 0.3) is 5.91 Å². The molecule has 0 aliphatic carbocycles. The summed E-state index contributed by atoms with van der Waals surface area (Å²) in [7, 11) is 0. The first-order valence-corrected chi connectivity index (χ1v) is 9.03. The summed E-state index contributed by atoms with van der Waals surface area (Å²) >= 11 is 5.82. The van der Waals surface area contributed by atoms with Gasteiger partial charge in [0, 0.05) is 29.1 Å². The summed E-state index contributed by atoms with van der Waals surface area (Å²) in [4.78, 5) is 12.1. The minimum atomic E-state index is -0.211. The van der Waals surface area contributed by atoms with Crippen molar-refractivity contribution in [3.63, 3.8) is 0 Å². The standard InChI is InChI=1S/C20H22ClNO4/c1-3-24-18-9-14-8-13(2)26-19(14)10-15(18)11-22-20(23)12-25-17-6-4-16(21)5-7-17/h4-7,9-10,13H,3,8,11-12H2,1-2H3,(H,22,23)/t13-/m0/s1. The van der Waals surface area contributed by atoms with Crippen LogP contribution in [0.25, 0.3) is 0 Å². The Morgan fingerprint density at radius 1 is 1.27 bits per heavy atom. The van der Waals surface area contributed by atoms with Crippen molar-refractivity contribution in [3.8, 4) is 17.2 Å². The van der Waals surface area contributed by atoms with Gasteiger partial charge in [-0.15, -0.1) is 0 Å². The van der Waals surface area contributed by atoms with Crippen LogP contribution in [0.4, 0.5) is 0 Å². The fourth-order valence-corrected chi connectivity index (χ4v) is 2.96. The van der Waals surface area contributed by atoms with Gasteiger partial charge in [0.2, 0.25) is 0 Å². The molecule has 26 heavy (non-hydrogen) atoms. The summed E-state index contributed by atoms with van der Waals surface area (Å²) in [6.07, 6.45) is 1.04. The highest BCUT2D eigenvalue weighted by Crippen LogP contribution is 2.35. The first-order valence-electron chi connectivity index (χ1n) is 8.65. The Morgan fingerprint density at radius 3 is 2.77 bits per heavy atom. The van der Waals surface area contributed by atoms with Crippen molar-refractivity contribution < 1.29 is 19.0 Å². The minimum Gasteiger partial charge on any atom is -0.494 e. The van der Waals surface area contributed by atoms with Crippen molar-refractivity contribution in [1.82, 2.24) is 5.32 Å². The molecule has 138 valence electrons. The van der Waals surface area contributed by atoms with Gasteiger partial charge in [0.05, 0.1) is 6.61 Å². The quantitative estimate of drug-likeness (QED) is 0.800. The van der Waals surface area contributed by atoms with Crippen LogP contribution < -0.4 is 19.5 Å². The maximum Gasteiger partial charge on any atom is 0.258 e. The predicted molar refractivity (Wildman–Crippen MR) is 100 cm³/mol. The Hall–Kier alpha value is -2.40. The number of fused-ring (bicyclic) bond motifs is 1. The third kappa shape index (κ3) is 4.61. The zero-order chi connectivity index (χ0) is 18.5. The number of halogens is 1. The molecule has 0 spiro atoms. The van der Waals surface area contributed by atoms with E-state index in [1.165, 1.54) is 0 Å². The zero-order valence-electron chi connectivity index (χ0n) is 14.9. The van der Waals surface area contributed by atoms with Gasteiger partial charge in [0.15, 0.2) is 6.61 Å². The first kappa shape index (κ1) is 18.4. The average molecular weight is 376 g/mol. The molecule has 0 bridgehead atoms. The Bertz CT molecular complexity index is 776. The van der Waals surface area contributed by atoms with Crippen molar-refractivity contribution in [2.75, 3.05) is 13.2 Å². The molecular formula is C20H22ClNO4. The van der Waals surface area contributed by atoms with Crippen LogP contribution in [0.2, 0.25) is 5.02 Å². The molecule has 0 saturated carbocycles. The topological polar surface area (TPSA) is 56.8 Å². The van der Waals surface area contributed by atoms with Gasteiger partial charge in [-0.2, -0.15) is 0 Å². The van der Waals surface area contributed by atoms with E-state index in [1.807, 2.05) is 26.0 Å². The summed E-state index contributed by atoms with van der Waals surface area (Å²) in [6.45, 7) is 4.83. The second-order valence-electron chi connectivity index (χ2n) is 6.15. The Kier molecular flexibility index (Phi) is 5.89. The molecule has 0 radical (unpaired) electrons. The number of hydrogen-bond donors (Lipinski definition) is 1. The largest absolute Gasteiger partial charge is 0.494 e. The van der Waals surface area contributed by atoms with Crippen LogP contribution in [-0.4, -0.2) is 25.2 Å². The number of carbonyl (C=O) groups is 1. The van der Waals surface area contributed by atoms with Crippen molar-refractivity contribution in [2.45, 2.75) is 32.9 Å². The summed E-state index contributed by atoms with van der Waals surface area (Å²) in [6, 6.07) is 10.8. The maximum absolute atomic E-state index is 12.1. The van der Waals surface area contributed by atoms with Gasteiger partial charge in [-0.25, -0.2) is 0 Å². The van der Waals surface area contributed by atoms with E-state index >= 15 is 0 Å². The van der Waals surface area contributed by atoms with Gasteiger partial charge in [-0.3, -0.25) is 4.79 Å². The van der Waals surface area contributed by atoms with Crippen molar-refractivity contribution >= 4 is 17.5 Å². The lowest BCUT2D eigenvalue weighted by Gasteiger charge is -2.13. The normalized spacial score (nSPS) is 15.1. The van der Waals surface area contributed by atoms with E-state index in [0.29, 0.717) is 23.9 Å². The SMILES string of the molecule is CCOc1cc2c(cc1CNC(=O)COc1ccc(Cl)cc1)O[C@@H](C)C2. The summed E-state index contributed by atoms with van der Waals surface area (Å²) in [5.74, 6) is 2.03. The van der Waals surface area contributed by atoms with Gasteiger partial charge >= 0.3 is 0 Å². The lowest BCUT2D eigenvalue weighted by molar-refractivity contribution is -0.123. The highest BCUT2D eigenvalue weighted by atomic mass is 35.5. The number of hydrogen-bond acceptors (Lipinski definition) is 4. The number of amides is 1. The number of rotatable bonds is 7. The summed E-state index contributed by atoms with van der Waals surface area (Å²) in [5.41, 5.74) is 2.03. The fraction of sp³-hybridized carbons (Fsp3) is 0.350. The van der Waals surface area contributed by atoms with Gasteiger partial charge in [-0.1, -0.05) is 11.6 Å². The molecule has 6 heteroatoms.